The van der Waals surface area contributed by atoms with Gasteiger partial charge in [0.05, 0.1) is 0 Å². The molecule has 1 saturated carbocycles. The number of carbonyl (C=O) groups excluding carboxylic acids is 1. The summed E-state index contributed by atoms with van der Waals surface area (Å²) in [7, 11) is 0. The van der Waals surface area contributed by atoms with E-state index in [-0.39, 0.29) is 29.8 Å². The van der Waals surface area contributed by atoms with Gasteiger partial charge in [-0.25, -0.2) is 0 Å². The van der Waals surface area contributed by atoms with E-state index in [0.29, 0.717) is 18.9 Å². The summed E-state index contributed by atoms with van der Waals surface area (Å²) in [5.74, 6) is 0.715. The third kappa shape index (κ3) is 5.33. The van der Waals surface area contributed by atoms with Gasteiger partial charge in [-0.2, -0.15) is 0 Å². The predicted molar refractivity (Wildman–Crippen MR) is 89.8 cm³/mol. The molecule has 2 rings (SSSR count). The number of nitrogens with two attached hydrogens (primary N) is 1. The van der Waals surface area contributed by atoms with Gasteiger partial charge in [0.2, 0.25) is 5.91 Å². The van der Waals surface area contributed by atoms with Crippen LogP contribution in [0.25, 0.3) is 0 Å². The van der Waals surface area contributed by atoms with Gasteiger partial charge in [-0.15, -0.1) is 12.4 Å². The number of benzene rings is 1. The Morgan fingerprint density at radius 2 is 1.90 bits per heavy atom. The maximum Gasteiger partial charge on any atom is 0.220 e. The van der Waals surface area contributed by atoms with Crippen LogP contribution in [0.4, 0.5) is 0 Å². The summed E-state index contributed by atoms with van der Waals surface area (Å²) in [6, 6.07) is 8.54. The molecular weight excluding hydrogens is 284 g/mol. The van der Waals surface area contributed by atoms with E-state index < -0.39 is 0 Å². The molecule has 0 heterocycles. The molecule has 3 nitrogen and oxygen atoms in total. The Morgan fingerprint density at radius 3 is 2.43 bits per heavy atom. The van der Waals surface area contributed by atoms with Gasteiger partial charge in [-0.05, 0) is 36.7 Å². The molecule has 0 aliphatic heterocycles. The van der Waals surface area contributed by atoms with Gasteiger partial charge in [-0.3, -0.25) is 4.79 Å². The molecule has 0 aromatic heterocycles. The summed E-state index contributed by atoms with van der Waals surface area (Å²) in [6.45, 7) is 6.90. The van der Waals surface area contributed by atoms with Crippen molar-refractivity contribution in [3.05, 3.63) is 35.4 Å². The number of amides is 1. The molecule has 1 unspecified atom stereocenters. The zero-order valence-electron chi connectivity index (χ0n) is 13.2. The molecule has 0 spiro atoms. The molecule has 1 atom stereocenters. The van der Waals surface area contributed by atoms with Gasteiger partial charge in [0, 0.05) is 19.0 Å². The van der Waals surface area contributed by atoms with Crippen LogP contribution in [-0.4, -0.2) is 18.5 Å². The predicted octanol–water partition coefficient (Wildman–Crippen LogP) is 2.94. The number of rotatable bonds is 6. The molecule has 1 aliphatic rings. The van der Waals surface area contributed by atoms with Gasteiger partial charge < -0.3 is 11.1 Å². The summed E-state index contributed by atoms with van der Waals surface area (Å²) in [5.41, 5.74) is 8.29. The standard InChI is InChI=1S/C17H26N2O.ClH/c1-12-4-8-14(9-5-12)17(2,3)10-16(20)19-11-15(18)13-6-7-13;/h4-5,8-9,13,15H,6-7,10-11,18H2,1-3H3,(H,19,20);1H. The molecule has 0 bridgehead atoms. The van der Waals surface area contributed by atoms with Gasteiger partial charge in [0.15, 0.2) is 0 Å². The van der Waals surface area contributed by atoms with Crippen molar-refractivity contribution in [1.82, 2.24) is 5.32 Å². The van der Waals surface area contributed by atoms with Crippen molar-refractivity contribution in [2.24, 2.45) is 11.7 Å². The third-order valence-electron chi connectivity index (χ3n) is 4.20. The second kappa shape index (κ2) is 7.28. The Morgan fingerprint density at radius 1 is 1.33 bits per heavy atom. The van der Waals surface area contributed by atoms with Crippen molar-refractivity contribution < 1.29 is 4.79 Å². The van der Waals surface area contributed by atoms with Gasteiger partial charge in [0.1, 0.15) is 0 Å². The number of hydrogen-bond acceptors (Lipinski definition) is 2. The van der Waals surface area contributed by atoms with Gasteiger partial charge >= 0.3 is 0 Å². The molecule has 1 fully saturated rings. The van der Waals surface area contributed by atoms with Crippen molar-refractivity contribution >= 4 is 18.3 Å². The highest BCUT2D eigenvalue weighted by molar-refractivity contribution is 5.85. The topological polar surface area (TPSA) is 55.1 Å². The van der Waals surface area contributed by atoms with Crippen molar-refractivity contribution in [3.8, 4) is 0 Å². The first-order valence-electron chi connectivity index (χ1n) is 7.48. The molecular formula is C17H27ClN2O. The largest absolute Gasteiger partial charge is 0.355 e. The van der Waals surface area contributed by atoms with Crippen LogP contribution in [0.15, 0.2) is 24.3 Å². The van der Waals surface area contributed by atoms with Gasteiger partial charge in [-0.1, -0.05) is 43.7 Å². The number of carbonyl (C=O) groups is 1. The van der Waals surface area contributed by atoms with Crippen LogP contribution in [0.3, 0.4) is 0 Å². The second-order valence-electron chi connectivity index (χ2n) is 6.73. The fourth-order valence-corrected chi connectivity index (χ4v) is 2.49. The Balaban J connectivity index is 0.00000220. The summed E-state index contributed by atoms with van der Waals surface area (Å²) in [5, 5.41) is 2.98. The molecule has 3 N–H and O–H groups in total. The molecule has 1 amide bonds. The van der Waals surface area contributed by atoms with E-state index in [9.17, 15) is 4.79 Å². The van der Waals surface area contributed by atoms with Crippen molar-refractivity contribution in [2.75, 3.05) is 6.54 Å². The van der Waals surface area contributed by atoms with Crippen LogP contribution in [0, 0.1) is 12.8 Å². The average Bonchev–Trinajstić information content (AvgIpc) is 3.20. The molecule has 0 saturated heterocycles. The Bertz CT molecular complexity index is 466. The SMILES string of the molecule is Cc1ccc(C(C)(C)CC(=O)NCC(N)C2CC2)cc1.Cl. The van der Waals surface area contributed by atoms with Crippen LogP contribution in [0.1, 0.15) is 44.2 Å². The lowest BCUT2D eigenvalue weighted by Crippen LogP contribution is -2.40. The van der Waals surface area contributed by atoms with Crippen LogP contribution < -0.4 is 11.1 Å². The summed E-state index contributed by atoms with van der Waals surface area (Å²) >= 11 is 0. The first-order chi connectivity index (χ1) is 9.38. The van der Waals surface area contributed by atoms with Crippen molar-refractivity contribution in [2.45, 2.75) is 51.5 Å². The molecule has 21 heavy (non-hydrogen) atoms. The van der Waals surface area contributed by atoms with E-state index in [2.05, 4.69) is 50.4 Å². The first-order valence-corrected chi connectivity index (χ1v) is 7.48. The monoisotopic (exact) mass is 310 g/mol. The molecule has 1 aromatic rings. The average molecular weight is 311 g/mol. The van der Waals surface area contributed by atoms with Crippen LogP contribution in [-0.2, 0) is 10.2 Å². The minimum absolute atomic E-state index is 0. The zero-order chi connectivity index (χ0) is 14.8. The molecule has 0 radical (unpaired) electrons. The lowest BCUT2D eigenvalue weighted by Gasteiger charge is -2.25. The minimum atomic E-state index is -0.151. The van der Waals surface area contributed by atoms with Crippen molar-refractivity contribution in [1.29, 1.82) is 0 Å². The first kappa shape index (κ1) is 18.0. The number of halogens is 1. The van der Waals surface area contributed by atoms with E-state index in [1.54, 1.807) is 0 Å². The van der Waals surface area contributed by atoms with E-state index in [1.807, 2.05) is 0 Å². The quantitative estimate of drug-likeness (QED) is 0.849. The fourth-order valence-electron chi connectivity index (χ4n) is 2.49. The maximum atomic E-state index is 12.1. The van der Waals surface area contributed by atoms with E-state index >= 15 is 0 Å². The van der Waals surface area contributed by atoms with Crippen LogP contribution >= 0.6 is 12.4 Å². The maximum absolute atomic E-state index is 12.1. The lowest BCUT2D eigenvalue weighted by molar-refractivity contribution is -0.122. The highest BCUT2D eigenvalue weighted by atomic mass is 35.5. The molecule has 1 aliphatic carbocycles. The normalized spacial score (nSPS) is 16.0. The second-order valence-corrected chi connectivity index (χ2v) is 6.73. The smallest absolute Gasteiger partial charge is 0.220 e. The summed E-state index contributed by atoms with van der Waals surface area (Å²) < 4.78 is 0. The highest BCUT2D eigenvalue weighted by Gasteiger charge is 2.29. The Hall–Kier alpha value is -1.06. The molecule has 118 valence electrons. The summed E-state index contributed by atoms with van der Waals surface area (Å²) in [6.07, 6.45) is 2.92. The van der Waals surface area contributed by atoms with E-state index in [1.165, 1.54) is 24.0 Å². The van der Waals surface area contributed by atoms with E-state index in [0.717, 1.165) is 0 Å². The van der Waals surface area contributed by atoms with Crippen LogP contribution in [0.5, 0.6) is 0 Å². The zero-order valence-corrected chi connectivity index (χ0v) is 14.0. The van der Waals surface area contributed by atoms with Crippen LogP contribution in [0.2, 0.25) is 0 Å². The molecule has 1 aromatic carbocycles. The fraction of sp³-hybridized carbons (Fsp3) is 0.588. The Kier molecular flexibility index (Phi) is 6.24. The Labute approximate surface area is 134 Å². The third-order valence-corrected chi connectivity index (χ3v) is 4.20. The molecule has 4 heteroatoms. The van der Waals surface area contributed by atoms with E-state index in [4.69, 9.17) is 5.73 Å². The number of nitrogens with one attached hydrogen (secondary N) is 1. The minimum Gasteiger partial charge on any atom is -0.355 e. The van der Waals surface area contributed by atoms with Crippen molar-refractivity contribution in [3.63, 3.8) is 0 Å². The van der Waals surface area contributed by atoms with Gasteiger partial charge in [0.25, 0.3) is 0 Å². The lowest BCUT2D eigenvalue weighted by atomic mass is 9.81. The number of hydrogen-bond donors (Lipinski definition) is 2. The number of aryl methyl sites for hydroxylation is 1. The summed E-state index contributed by atoms with van der Waals surface area (Å²) in [4.78, 5) is 12.1. The highest BCUT2D eigenvalue weighted by Crippen LogP contribution is 2.31.